The molecule has 82 valence electrons. The van der Waals surface area contributed by atoms with Crippen LogP contribution in [-0.4, -0.2) is 29.6 Å². The van der Waals surface area contributed by atoms with Crippen LogP contribution in [0, 0.1) is 5.92 Å². The van der Waals surface area contributed by atoms with Gasteiger partial charge >= 0.3 is 0 Å². The summed E-state index contributed by atoms with van der Waals surface area (Å²) >= 11 is 0. The lowest BCUT2D eigenvalue weighted by Crippen LogP contribution is -2.40. The fourth-order valence-corrected chi connectivity index (χ4v) is 2.64. The van der Waals surface area contributed by atoms with Crippen molar-refractivity contribution in [3.63, 3.8) is 0 Å². The SMILES string of the molecule is CC1(C)CCCN1CCC(N)C1CC1. The van der Waals surface area contributed by atoms with E-state index in [1.165, 1.54) is 45.2 Å². The zero-order valence-electron chi connectivity index (χ0n) is 9.63. The lowest BCUT2D eigenvalue weighted by atomic mass is 10.0. The summed E-state index contributed by atoms with van der Waals surface area (Å²) in [6.45, 7) is 7.22. The van der Waals surface area contributed by atoms with Gasteiger partial charge in [0.05, 0.1) is 0 Å². The van der Waals surface area contributed by atoms with Crippen LogP contribution in [0.3, 0.4) is 0 Å². The standard InChI is InChI=1S/C12H24N2/c1-12(2)7-3-8-14(12)9-6-11(13)10-4-5-10/h10-11H,3-9,13H2,1-2H3. The predicted molar refractivity (Wildman–Crippen MR) is 60.2 cm³/mol. The van der Waals surface area contributed by atoms with Crippen LogP contribution in [-0.2, 0) is 0 Å². The smallest absolute Gasteiger partial charge is 0.0153 e. The second-order valence-corrected chi connectivity index (χ2v) is 5.69. The second-order valence-electron chi connectivity index (χ2n) is 5.69. The molecule has 1 aliphatic heterocycles. The Morgan fingerprint density at radius 3 is 2.64 bits per heavy atom. The van der Waals surface area contributed by atoms with Crippen LogP contribution in [0.2, 0.25) is 0 Å². The number of likely N-dealkylation sites (tertiary alicyclic amines) is 1. The van der Waals surface area contributed by atoms with E-state index >= 15 is 0 Å². The molecule has 1 saturated heterocycles. The average Bonchev–Trinajstić information content (AvgIpc) is 2.88. The van der Waals surface area contributed by atoms with Gasteiger partial charge in [0, 0.05) is 18.1 Å². The van der Waals surface area contributed by atoms with Crippen LogP contribution in [0.5, 0.6) is 0 Å². The van der Waals surface area contributed by atoms with Crippen LogP contribution in [0.4, 0.5) is 0 Å². The molecule has 2 rings (SSSR count). The van der Waals surface area contributed by atoms with Gasteiger partial charge in [-0.3, -0.25) is 4.90 Å². The number of rotatable bonds is 4. The van der Waals surface area contributed by atoms with E-state index in [0.29, 0.717) is 11.6 Å². The van der Waals surface area contributed by atoms with Crippen molar-refractivity contribution in [2.45, 2.75) is 57.5 Å². The topological polar surface area (TPSA) is 29.3 Å². The molecule has 14 heavy (non-hydrogen) atoms. The fourth-order valence-electron chi connectivity index (χ4n) is 2.64. The summed E-state index contributed by atoms with van der Waals surface area (Å²) in [5.41, 5.74) is 6.55. The van der Waals surface area contributed by atoms with Gasteiger partial charge in [-0.2, -0.15) is 0 Å². The maximum absolute atomic E-state index is 6.12. The zero-order valence-corrected chi connectivity index (χ0v) is 9.63. The van der Waals surface area contributed by atoms with Gasteiger partial charge in [0.1, 0.15) is 0 Å². The minimum Gasteiger partial charge on any atom is -0.327 e. The molecule has 2 fully saturated rings. The van der Waals surface area contributed by atoms with E-state index in [4.69, 9.17) is 5.73 Å². The van der Waals surface area contributed by atoms with E-state index in [1.807, 2.05) is 0 Å². The van der Waals surface area contributed by atoms with Crippen molar-refractivity contribution >= 4 is 0 Å². The molecule has 1 atom stereocenters. The van der Waals surface area contributed by atoms with Gasteiger partial charge in [-0.1, -0.05) is 0 Å². The monoisotopic (exact) mass is 196 g/mol. The highest BCUT2D eigenvalue weighted by Gasteiger charge is 2.33. The number of nitrogens with two attached hydrogens (primary N) is 1. The summed E-state index contributed by atoms with van der Waals surface area (Å²) in [5, 5.41) is 0. The van der Waals surface area contributed by atoms with Gasteiger partial charge in [0.2, 0.25) is 0 Å². The summed E-state index contributed by atoms with van der Waals surface area (Å²) in [5.74, 6) is 0.862. The summed E-state index contributed by atoms with van der Waals surface area (Å²) < 4.78 is 0. The maximum atomic E-state index is 6.12. The average molecular weight is 196 g/mol. The first-order valence-corrected chi connectivity index (χ1v) is 6.10. The molecular weight excluding hydrogens is 172 g/mol. The quantitative estimate of drug-likeness (QED) is 0.745. The molecule has 0 bridgehead atoms. The lowest BCUT2D eigenvalue weighted by Gasteiger charge is -2.32. The number of hydrogen-bond acceptors (Lipinski definition) is 2. The zero-order chi connectivity index (χ0) is 10.2. The van der Waals surface area contributed by atoms with Crippen molar-refractivity contribution in [2.75, 3.05) is 13.1 Å². The fraction of sp³-hybridized carbons (Fsp3) is 1.00. The van der Waals surface area contributed by atoms with E-state index in [2.05, 4.69) is 18.7 Å². The van der Waals surface area contributed by atoms with Crippen LogP contribution in [0.25, 0.3) is 0 Å². The van der Waals surface area contributed by atoms with Crippen molar-refractivity contribution in [1.29, 1.82) is 0 Å². The summed E-state index contributed by atoms with van der Waals surface area (Å²) in [6.07, 6.45) is 6.68. The molecule has 1 saturated carbocycles. The van der Waals surface area contributed by atoms with Gasteiger partial charge in [0.25, 0.3) is 0 Å². The molecule has 2 N–H and O–H groups in total. The molecule has 1 aliphatic carbocycles. The molecule has 2 heteroatoms. The van der Waals surface area contributed by atoms with Gasteiger partial charge in [0.15, 0.2) is 0 Å². The Kier molecular flexibility index (Phi) is 2.85. The highest BCUT2D eigenvalue weighted by molar-refractivity contribution is 4.90. The molecular formula is C12H24N2. The molecule has 0 amide bonds. The summed E-state index contributed by atoms with van der Waals surface area (Å²) in [4.78, 5) is 2.62. The Morgan fingerprint density at radius 1 is 1.43 bits per heavy atom. The van der Waals surface area contributed by atoms with Crippen LogP contribution >= 0.6 is 0 Å². The Labute approximate surface area is 87.8 Å². The van der Waals surface area contributed by atoms with Crippen molar-refractivity contribution < 1.29 is 0 Å². The third-order valence-electron chi connectivity index (χ3n) is 4.03. The Bertz CT molecular complexity index is 196. The number of nitrogens with zero attached hydrogens (tertiary/aromatic N) is 1. The molecule has 0 radical (unpaired) electrons. The van der Waals surface area contributed by atoms with Crippen molar-refractivity contribution in [3.05, 3.63) is 0 Å². The first-order valence-electron chi connectivity index (χ1n) is 6.10. The molecule has 0 aromatic rings. The van der Waals surface area contributed by atoms with E-state index in [-0.39, 0.29) is 0 Å². The van der Waals surface area contributed by atoms with Crippen LogP contribution in [0.15, 0.2) is 0 Å². The molecule has 0 aromatic heterocycles. The first kappa shape index (κ1) is 10.4. The predicted octanol–water partition coefficient (Wildman–Crippen LogP) is 1.99. The van der Waals surface area contributed by atoms with Gasteiger partial charge < -0.3 is 5.73 Å². The van der Waals surface area contributed by atoms with E-state index in [0.717, 1.165) is 5.92 Å². The largest absolute Gasteiger partial charge is 0.327 e. The first-order chi connectivity index (χ1) is 6.59. The minimum absolute atomic E-state index is 0.434. The summed E-state index contributed by atoms with van der Waals surface area (Å²) in [7, 11) is 0. The van der Waals surface area contributed by atoms with Gasteiger partial charge in [-0.05, 0) is 58.4 Å². The number of hydrogen-bond donors (Lipinski definition) is 1. The Balaban J connectivity index is 1.74. The molecule has 2 aliphatic rings. The van der Waals surface area contributed by atoms with Crippen molar-refractivity contribution in [1.82, 2.24) is 4.90 Å². The molecule has 2 nitrogen and oxygen atoms in total. The molecule has 0 aromatic carbocycles. The van der Waals surface area contributed by atoms with Crippen molar-refractivity contribution in [2.24, 2.45) is 11.7 Å². The van der Waals surface area contributed by atoms with E-state index in [9.17, 15) is 0 Å². The lowest BCUT2D eigenvalue weighted by molar-refractivity contribution is 0.168. The van der Waals surface area contributed by atoms with E-state index in [1.54, 1.807) is 0 Å². The Morgan fingerprint density at radius 2 is 2.14 bits per heavy atom. The third kappa shape index (κ3) is 2.29. The third-order valence-corrected chi connectivity index (χ3v) is 4.03. The van der Waals surface area contributed by atoms with Gasteiger partial charge in [-0.15, -0.1) is 0 Å². The van der Waals surface area contributed by atoms with Crippen molar-refractivity contribution in [3.8, 4) is 0 Å². The Hall–Kier alpha value is -0.0800. The highest BCUT2D eigenvalue weighted by atomic mass is 15.2. The minimum atomic E-state index is 0.434. The van der Waals surface area contributed by atoms with E-state index < -0.39 is 0 Å². The highest BCUT2D eigenvalue weighted by Crippen LogP contribution is 2.34. The van der Waals surface area contributed by atoms with Crippen LogP contribution in [0.1, 0.15) is 46.0 Å². The molecule has 1 unspecified atom stereocenters. The maximum Gasteiger partial charge on any atom is 0.0153 e. The molecule has 0 spiro atoms. The normalized spacial score (nSPS) is 29.4. The van der Waals surface area contributed by atoms with Gasteiger partial charge in [-0.25, -0.2) is 0 Å². The summed E-state index contributed by atoms with van der Waals surface area (Å²) in [6, 6.07) is 0.478. The van der Waals surface area contributed by atoms with Crippen LogP contribution < -0.4 is 5.73 Å². The molecule has 1 heterocycles. The second kappa shape index (κ2) is 3.82.